The van der Waals surface area contributed by atoms with E-state index in [0.717, 1.165) is 38.5 Å². The third-order valence-corrected chi connectivity index (χ3v) is 7.02. The molecule has 0 aliphatic rings. The van der Waals surface area contributed by atoms with Gasteiger partial charge in [0.05, 0.1) is 0 Å². The molecular formula is C16H18NaO2PS2. The quantitative estimate of drug-likeness (QED) is 0.614. The number of aryl methyl sites for hydroxylation is 4. The van der Waals surface area contributed by atoms with Gasteiger partial charge in [-0.15, -0.1) is 0 Å². The SMILES string of the molecule is Cc1cccc(C)c1OP([O-])(=S)Sc1c(C)cccc1C.[Na+]. The first-order chi connectivity index (χ1) is 9.80. The van der Waals surface area contributed by atoms with Gasteiger partial charge >= 0.3 is 29.6 Å². The second-order valence-electron chi connectivity index (χ2n) is 5.07. The van der Waals surface area contributed by atoms with Crippen LogP contribution >= 0.6 is 17.1 Å². The minimum absolute atomic E-state index is 0. The topological polar surface area (TPSA) is 32.3 Å². The van der Waals surface area contributed by atoms with Gasteiger partial charge in [-0.3, -0.25) is 0 Å². The predicted molar refractivity (Wildman–Crippen MR) is 92.6 cm³/mol. The second kappa shape index (κ2) is 8.34. The zero-order chi connectivity index (χ0) is 15.6. The number of hydrogen-bond donors (Lipinski definition) is 0. The fraction of sp³-hybridized carbons (Fsp3) is 0.250. The fourth-order valence-electron chi connectivity index (χ4n) is 2.13. The number of hydrogen-bond acceptors (Lipinski definition) is 4. The first-order valence-electron chi connectivity index (χ1n) is 6.63. The molecule has 0 aliphatic heterocycles. The maximum atomic E-state index is 12.7. The molecule has 2 aromatic carbocycles. The van der Waals surface area contributed by atoms with Gasteiger partial charge in [0.2, 0.25) is 0 Å². The molecule has 22 heavy (non-hydrogen) atoms. The third kappa shape index (κ3) is 5.10. The number of rotatable bonds is 4. The van der Waals surface area contributed by atoms with Crippen molar-refractivity contribution in [1.82, 2.24) is 0 Å². The smallest absolute Gasteiger partial charge is 0.783 e. The van der Waals surface area contributed by atoms with E-state index in [4.69, 9.17) is 16.3 Å². The van der Waals surface area contributed by atoms with Crippen LogP contribution in [0.4, 0.5) is 0 Å². The van der Waals surface area contributed by atoms with Crippen molar-refractivity contribution < 1.29 is 39.0 Å². The zero-order valence-electron chi connectivity index (χ0n) is 13.5. The average Bonchev–Trinajstić information content (AvgIpc) is 2.39. The van der Waals surface area contributed by atoms with E-state index in [2.05, 4.69) is 0 Å². The number of benzene rings is 2. The predicted octanol–water partition coefficient (Wildman–Crippen LogP) is 1.68. The van der Waals surface area contributed by atoms with Crippen LogP contribution in [0, 0.1) is 27.7 Å². The van der Waals surface area contributed by atoms with Gasteiger partial charge in [0.25, 0.3) is 0 Å². The summed E-state index contributed by atoms with van der Waals surface area (Å²) in [6, 6.07) is 11.8. The van der Waals surface area contributed by atoms with Crippen molar-refractivity contribution in [3.8, 4) is 5.75 Å². The van der Waals surface area contributed by atoms with Crippen molar-refractivity contribution in [2.75, 3.05) is 0 Å². The third-order valence-electron chi connectivity index (χ3n) is 3.22. The van der Waals surface area contributed by atoms with E-state index in [0.29, 0.717) is 5.75 Å². The van der Waals surface area contributed by atoms with Gasteiger partial charge < -0.3 is 9.42 Å². The normalized spacial score (nSPS) is 13.1. The zero-order valence-corrected chi connectivity index (χ0v) is 18.1. The summed E-state index contributed by atoms with van der Waals surface area (Å²) < 4.78 is 5.71. The first kappa shape index (κ1) is 20.2. The van der Waals surface area contributed by atoms with E-state index >= 15 is 0 Å². The van der Waals surface area contributed by atoms with Gasteiger partial charge in [-0.05, 0) is 49.9 Å². The summed E-state index contributed by atoms with van der Waals surface area (Å²) >= 11 is 6.40. The Bertz CT molecular complexity index is 621. The van der Waals surface area contributed by atoms with Gasteiger partial charge in [0.15, 0.2) is 0 Å². The van der Waals surface area contributed by atoms with Crippen LogP contribution in [0.25, 0.3) is 0 Å². The second-order valence-corrected chi connectivity index (χ2v) is 10.9. The molecule has 0 heterocycles. The van der Waals surface area contributed by atoms with Crippen molar-refractivity contribution in [3.05, 3.63) is 58.7 Å². The van der Waals surface area contributed by atoms with Gasteiger partial charge in [-0.1, -0.05) is 59.6 Å². The molecule has 2 rings (SSSR count). The first-order valence-corrected chi connectivity index (χ1v) is 10.7. The average molecular weight is 360 g/mol. The summed E-state index contributed by atoms with van der Waals surface area (Å²) in [5.41, 5.74) is 0.779. The molecule has 2 nitrogen and oxygen atoms in total. The molecule has 0 fully saturated rings. The standard InChI is InChI=1S/C16H19O2PS2.Na/c1-11-7-5-8-12(2)15(11)18-19(17,20)21-16-13(3)9-6-10-14(16)4;/h5-10H,1-4H3,(H,17,20);/q;+1/p-1. The molecule has 2 aromatic rings. The summed E-state index contributed by atoms with van der Waals surface area (Å²) in [5, 5.41) is 0. The Morgan fingerprint density at radius 3 is 1.77 bits per heavy atom. The van der Waals surface area contributed by atoms with Crippen molar-refractivity contribution in [2.45, 2.75) is 32.6 Å². The van der Waals surface area contributed by atoms with Crippen LogP contribution in [0.2, 0.25) is 0 Å². The maximum Gasteiger partial charge on any atom is 1.00 e. The van der Waals surface area contributed by atoms with Crippen LogP contribution in [-0.2, 0) is 11.8 Å². The Balaban J connectivity index is 0.00000242. The van der Waals surface area contributed by atoms with E-state index in [-0.39, 0.29) is 29.6 Å². The molecule has 112 valence electrons. The summed E-state index contributed by atoms with van der Waals surface area (Å²) in [6.45, 7) is 7.84. The van der Waals surface area contributed by atoms with Gasteiger partial charge in [-0.2, -0.15) is 0 Å². The molecule has 6 heteroatoms. The van der Waals surface area contributed by atoms with Crippen molar-refractivity contribution >= 4 is 28.9 Å². The molecule has 1 unspecified atom stereocenters. The molecule has 1 atom stereocenters. The van der Waals surface area contributed by atoms with Crippen LogP contribution in [0.1, 0.15) is 22.3 Å². The largest absolute Gasteiger partial charge is 1.00 e. The Morgan fingerprint density at radius 2 is 1.32 bits per heavy atom. The Morgan fingerprint density at radius 1 is 0.909 bits per heavy atom. The molecule has 0 radical (unpaired) electrons. The summed E-state index contributed by atoms with van der Waals surface area (Å²) in [4.78, 5) is 13.7. The van der Waals surface area contributed by atoms with Crippen LogP contribution in [0.5, 0.6) is 5.75 Å². The van der Waals surface area contributed by atoms with Crippen molar-refractivity contribution in [3.63, 3.8) is 0 Å². The summed E-state index contributed by atoms with van der Waals surface area (Å²) in [6.07, 6.45) is 0. The van der Waals surface area contributed by atoms with Crippen molar-refractivity contribution in [1.29, 1.82) is 0 Å². The molecular weight excluding hydrogens is 342 g/mol. The Labute approximate surface area is 163 Å². The van der Waals surface area contributed by atoms with Gasteiger partial charge in [-0.25, -0.2) is 0 Å². The molecule has 0 saturated heterocycles. The fourth-order valence-corrected chi connectivity index (χ4v) is 6.09. The van der Waals surface area contributed by atoms with Crippen LogP contribution < -0.4 is 39.0 Å². The van der Waals surface area contributed by atoms with Gasteiger partial charge in [0.1, 0.15) is 11.4 Å². The molecule has 0 saturated carbocycles. The molecule has 0 bridgehead atoms. The summed E-state index contributed by atoms with van der Waals surface area (Å²) in [5.74, 6) is 0.634. The molecule has 0 spiro atoms. The Kier molecular flexibility index (Phi) is 7.68. The van der Waals surface area contributed by atoms with E-state index in [1.807, 2.05) is 64.1 Å². The number of para-hydroxylation sites is 1. The monoisotopic (exact) mass is 360 g/mol. The van der Waals surface area contributed by atoms with Crippen molar-refractivity contribution in [2.24, 2.45) is 0 Å². The van der Waals surface area contributed by atoms with E-state index in [9.17, 15) is 4.89 Å². The minimum Gasteiger partial charge on any atom is -0.783 e. The maximum absolute atomic E-state index is 12.7. The van der Waals surface area contributed by atoms with Crippen LogP contribution in [0.3, 0.4) is 0 Å². The van der Waals surface area contributed by atoms with E-state index < -0.39 is 5.69 Å². The molecule has 0 N–H and O–H groups in total. The minimum atomic E-state index is -3.24. The van der Waals surface area contributed by atoms with E-state index in [1.165, 1.54) is 0 Å². The van der Waals surface area contributed by atoms with Gasteiger partial charge in [0, 0.05) is 4.90 Å². The molecule has 0 aromatic heterocycles. The Hall–Kier alpha value is 0.200. The molecule has 0 aliphatic carbocycles. The van der Waals surface area contributed by atoms with Crippen LogP contribution in [0.15, 0.2) is 41.3 Å². The van der Waals surface area contributed by atoms with E-state index in [1.54, 1.807) is 0 Å². The molecule has 0 amide bonds. The summed E-state index contributed by atoms with van der Waals surface area (Å²) in [7, 11) is 0. The van der Waals surface area contributed by atoms with Crippen LogP contribution in [-0.4, -0.2) is 0 Å².